The number of hydrogen-bond donors (Lipinski definition) is 1. The standard InChI is InChI=1S/C15H28N2O2/c1-5-16-15(13(18)19-4)7-6-12(10-15)17-9-8-14(2,3)11-17/h12,16H,5-11H2,1-4H3. The monoisotopic (exact) mass is 268 g/mol. The van der Waals surface area contributed by atoms with Gasteiger partial charge in [0, 0.05) is 12.6 Å². The van der Waals surface area contributed by atoms with E-state index in [2.05, 4.69) is 31.0 Å². The van der Waals surface area contributed by atoms with Crippen LogP contribution in [0.3, 0.4) is 0 Å². The Labute approximate surface area is 116 Å². The van der Waals surface area contributed by atoms with Crippen LogP contribution in [0.2, 0.25) is 0 Å². The van der Waals surface area contributed by atoms with Crippen LogP contribution in [-0.2, 0) is 9.53 Å². The second-order valence-corrected chi connectivity index (χ2v) is 6.89. The van der Waals surface area contributed by atoms with Crippen molar-refractivity contribution in [1.29, 1.82) is 0 Å². The summed E-state index contributed by atoms with van der Waals surface area (Å²) in [5, 5.41) is 3.38. The zero-order valence-electron chi connectivity index (χ0n) is 12.8. The van der Waals surface area contributed by atoms with E-state index in [-0.39, 0.29) is 5.97 Å². The van der Waals surface area contributed by atoms with Crippen molar-refractivity contribution in [3.05, 3.63) is 0 Å². The van der Waals surface area contributed by atoms with Gasteiger partial charge < -0.3 is 10.1 Å². The fourth-order valence-corrected chi connectivity index (χ4v) is 3.75. The van der Waals surface area contributed by atoms with Crippen LogP contribution in [0.1, 0.15) is 46.5 Å². The molecule has 0 aromatic heterocycles. The van der Waals surface area contributed by atoms with Crippen molar-refractivity contribution in [1.82, 2.24) is 10.2 Å². The van der Waals surface area contributed by atoms with Gasteiger partial charge in [0.05, 0.1) is 7.11 Å². The molecule has 1 aliphatic heterocycles. The second kappa shape index (κ2) is 5.41. The van der Waals surface area contributed by atoms with Gasteiger partial charge in [0.1, 0.15) is 5.54 Å². The van der Waals surface area contributed by atoms with Gasteiger partial charge in [-0.2, -0.15) is 0 Å². The number of rotatable bonds is 4. The minimum Gasteiger partial charge on any atom is -0.468 e. The maximum absolute atomic E-state index is 12.1. The zero-order chi connectivity index (χ0) is 14.1. The van der Waals surface area contributed by atoms with E-state index in [1.54, 1.807) is 0 Å². The largest absolute Gasteiger partial charge is 0.468 e. The summed E-state index contributed by atoms with van der Waals surface area (Å²) in [6, 6.07) is 0.528. The van der Waals surface area contributed by atoms with Crippen LogP contribution in [0.4, 0.5) is 0 Å². The molecule has 2 fully saturated rings. The molecular formula is C15H28N2O2. The lowest BCUT2D eigenvalue weighted by molar-refractivity contribution is -0.148. The van der Waals surface area contributed by atoms with E-state index < -0.39 is 5.54 Å². The molecule has 0 radical (unpaired) electrons. The predicted molar refractivity (Wildman–Crippen MR) is 76.0 cm³/mol. The molecule has 2 rings (SSSR count). The summed E-state index contributed by atoms with van der Waals surface area (Å²) in [6.07, 6.45) is 4.15. The highest BCUT2D eigenvalue weighted by Gasteiger charge is 2.48. The number of methoxy groups -OCH3 is 1. The lowest BCUT2D eigenvalue weighted by Crippen LogP contribution is -2.51. The molecule has 0 bridgehead atoms. The third-order valence-electron chi connectivity index (χ3n) is 4.80. The second-order valence-electron chi connectivity index (χ2n) is 6.89. The lowest BCUT2D eigenvalue weighted by Gasteiger charge is -2.30. The number of nitrogens with zero attached hydrogens (tertiary/aromatic N) is 1. The molecule has 1 N–H and O–H groups in total. The van der Waals surface area contributed by atoms with Crippen LogP contribution in [0, 0.1) is 5.41 Å². The fourth-order valence-electron chi connectivity index (χ4n) is 3.75. The summed E-state index contributed by atoms with van der Waals surface area (Å²) in [4.78, 5) is 14.7. The van der Waals surface area contributed by atoms with E-state index in [0.717, 1.165) is 32.4 Å². The molecule has 0 amide bonds. The van der Waals surface area contributed by atoms with Crippen LogP contribution < -0.4 is 5.32 Å². The Balaban J connectivity index is 2.03. The molecule has 0 aromatic rings. The maximum Gasteiger partial charge on any atom is 0.326 e. The summed E-state index contributed by atoms with van der Waals surface area (Å²) >= 11 is 0. The summed E-state index contributed by atoms with van der Waals surface area (Å²) in [7, 11) is 1.49. The molecule has 0 aromatic carbocycles. The maximum atomic E-state index is 12.1. The van der Waals surface area contributed by atoms with Crippen molar-refractivity contribution in [3.8, 4) is 0 Å². The molecule has 19 heavy (non-hydrogen) atoms. The highest BCUT2D eigenvalue weighted by molar-refractivity contribution is 5.81. The van der Waals surface area contributed by atoms with E-state index in [1.165, 1.54) is 20.1 Å². The summed E-state index contributed by atoms with van der Waals surface area (Å²) in [5.41, 5.74) is -0.0183. The SMILES string of the molecule is CCNC1(C(=O)OC)CCC(N2CCC(C)(C)C2)C1. The van der Waals surface area contributed by atoms with Gasteiger partial charge in [-0.05, 0) is 44.2 Å². The van der Waals surface area contributed by atoms with Gasteiger partial charge in [-0.1, -0.05) is 20.8 Å². The van der Waals surface area contributed by atoms with Crippen molar-refractivity contribution in [2.45, 2.75) is 58.0 Å². The molecule has 1 saturated carbocycles. The lowest BCUT2D eigenvalue weighted by atomic mass is 9.93. The number of esters is 1. The van der Waals surface area contributed by atoms with E-state index in [1.807, 2.05) is 0 Å². The molecule has 1 aliphatic carbocycles. The Bertz CT molecular complexity index is 343. The van der Waals surface area contributed by atoms with Gasteiger partial charge in [0.2, 0.25) is 0 Å². The molecule has 4 nitrogen and oxygen atoms in total. The van der Waals surface area contributed by atoms with Gasteiger partial charge >= 0.3 is 5.97 Å². The Morgan fingerprint density at radius 1 is 1.42 bits per heavy atom. The van der Waals surface area contributed by atoms with Crippen molar-refractivity contribution >= 4 is 5.97 Å². The summed E-state index contributed by atoms with van der Waals surface area (Å²) < 4.78 is 5.02. The van der Waals surface area contributed by atoms with E-state index in [4.69, 9.17) is 4.74 Å². The number of carbonyl (C=O) groups is 1. The molecule has 0 spiro atoms. The number of nitrogens with one attached hydrogen (secondary N) is 1. The van der Waals surface area contributed by atoms with Gasteiger partial charge in [-0.3, -0.25) is 9.69 Å². The third kappa shape index (κ3) is 2.95. The quantitative estimate of drug-likeness (QED) is 0.789. The smallest absolute Gasteiger partial charge is 0.326 e. The van der Waals surface area contributed by atoms with Crippen molar-refractivity contribution < 1.29 is 9.53 Å². The Morgan fingerprint density at radius 3 is 2.68 bits per heavy atom. The van der Waals surface area contributed by atoms with E-state index >= 15 is 0 Å². The first-order valence-electron chi connectivity index (χ1n) is 7.50. The van der Waals surface area contributed by atoms with Gasteiger partial charge in [0.25, 0.3) is 0 Å². The average molecular weight is 268 g/mol. The van der Waals surface area contributed by atoms with Gasteiger partial charge in [-0.15, -0.1) is 0 Å². The molecule has 2 aliphatic rings. The predicted octanol–water partition coefficient (Wildman–Crippen LogP) is 1.79. The van der Waals surface area contributed by atoms with Crippen molar-refractivity contribution in [3.63, 3.8) is 0 Å². The number of ether oxygens (including phenoxy) is 1. The first-order valence-corrected chi connectivity index (χ1v) is 7.50. The van der Waals surface area contributed by atoms with Crippen LogP contribution in [0.5, 0.6) is 0 Å². The highest BCUT2D eigenvalue weighted by Crippen LogP contribution is 2.39. The van der Waals surface area contributed by atoms with Crippen LogP contribution in [0.25, 0.3) is 0 Å². The van der Waals surface area contributed by atoms with Gasteiger partial charge in [-0.25, -0.2) is 0 Å². The summed E-state index contributed by atoms with van der Waals surface area (Å²) in [6.45, 7) is 9.85. The van der Waals surface area contributed by atoms with Crippen molar-refractivity contribution in [2.24, 2.45) is 5.41 Å². The fraction of sp³-hybridized carbons (Fsp3) is 0.933. The molecule has 4 heteroatoms. The number of likely N-dealkylation sites (N-methyl/N-ethyl adjacent to an activating group) is 1. The normalized spacial score (nSPS) is 34.6. The molecule has 110 valence electrons. The number of hydrogen-bond acceptors (Lipinski definition) is 4. The van der Waals surface area contributed by atoms with Gasteiger partial charge in [0.15, 0.2) is 0 Å². The Morgan fingerprint density at radius 2 is 2.16 bits per heavy atom. The highest BCUT2D eigenvalue weighted by atomic mass is 16.5. The first-order chi connectivity index (χ1) is 8.92. The topological polar surface area (TPSA) is 41.6 Å². The minimum atomic E-state index is -0.444. The molecule has 1 saturated heterocycles. The molecule has 2 unspecified atom stereocenters. The third-order valence-corrected chi connectivity index (χ3v) is 4.80. The summed E-state index contributed by atoms with van der Waals surface area (Å²) in [5.74, 6) is -0.0877. The first kappa shape index (κ1) is 14.8. The molecule has 1 heterocycles. The Hall–Kier alpha value is -0.610. The van der Waals surface area contributed by atoms with Crippen LogP contribution in [-0.4, -0.2) is 49.2 Å². The minimum absolute atomic E-state index is 0.0877. The van der Waals surface area contributed by atoms with Crippen molar-refractivity contribution in [2.75, 3.05) is 26.7 Å². The number of likely N-dealkylation sites (tertiary alicyclic amines) is 1. The van der Waals surface area contributed by atoms with Crippen LogP contribution >= 0.6 is 0 Å². The number of carbonyl (C=O) groups excluding carboxylic acids is 1. The molecule has 2 atom stereocenters. The average Bonchev–Trinajstić information content (AvgIpc) is 2.93. The van der Waals surface area contributed by atoms with Crippen LogP contribution in [0.15, 0.2) is 0 Å². The molecular weight excluding hydrogens is 240 g/mol. The zero-order valence-corrected chi connectivity index (χ0v) is 12.8. The van der Waals surface area contributed by atoms with E-state index in [0.29, 0.717) is 11.5 Å². The van der Waals surface area contributed by atoms with E-state index in [9.17, 15) is 4.79 Å². The Kier molecular flexibility index (Phi) is 4.21.